The van der Waals surface area contributed by atoms with Crippen LogP contribution in [0.4, 0.5) is 10.1 Å². The summed E-state index contributed by atoms with van der Waals surface area (Å²) in [5, 5.41) is 0.978. The summed E-state index contributed by atoms with van der Waals surface area (Å²) in [7, 11) is 0. The second-order valence-electron chi connectivity index (χ2n) is 7.26. The van der Waals surface area contributed by atoms with Crippen LogP contribution in [-0.4, -0.2) is 22.5 Å². The fourth-order valence-corrected chi connectivity index (χ4v) is 5.50. The van der Waals surface area contributed by atoms with Gasteiger partial charge in [-0.3, -0.25) is 9.69 Å². The molecule has 174 valence electrons. The van der Waals surface area contributed by atoms with Gasteiger partial charge in [0, 0.05) is 11.0 Å². The molecule has 1 saturated heterocycles. The summed E-state index contributed by atoms with van der Waals surface area (Å²) in [4.78, 5) is 19.6. The fourth-order valence-electron chi connectivity index (χ4n) is 3.18. The zero-order valence-electron chi connectivity index (χ0n) is 17.9. The van der Waals surface area contributed by atoms with Crippen molar-refractivity contribution in [1.82, 2.24) is 4.90 Å². The standard InChI is InChI=1S/C25H18Br2ClFN2O2S/c1-2-31-24(32)22(34-25(31)30-19-9-7-18(29)8-10-19)13-16-11-20(27)23(21(28)12-16)33-14-15-3-5-17(26)6-4-15/h3-13H,2,14H2,1H3/b22-13+,30-25?. The molecule has 34 heavy (non-hydrogen) atoms. The Kier molecular flexibility index (Phi) is 8.14. The van der Waals surface area contributed by atoms with E-state index in [2.05, 4.69) is 36.9 Å². The minimum atomic E-state index is -0.334. The van der Waals surface area contributed by atoms with Crippen LogP contribution in [-0.2, 0) is 11.4 Å². The van der Waals surface area contributed by atoms with Crippen molar-refractivity contribution in [3.63, 3.8) is 0 Å². The lowest BCUT2D eigenvalue weighted by molar-refractivity contribution is -0.122. The van der Waals surface area contributed by atoms with E-state index in [1.54, 1.807) is 29.2 Å². The number of hydrogen-bond acceptors (Lipinski definition) is 4. The van der Waals surface area contributed by atoms with E-state index in [-0.39, 0.29) is 11.7 Å². The largest absolute Gasteiger partial charge is 0.486 e. The maximum atomic E-state index is 13.2. The molecule has 1 fully saturated rings. The average molecular weight is 625 g/mol. The van der Waals surface area contributed by atoms with Gasteiger partial charge in [0.15, 0.2) is 10.9 Å². The number of rotatable bonds is 6. The van der Waals surface area contributed by atoms with Crippen LogP contribution in [0.2, 0.25) is 5.02 Å². The lowest BCUT2D eigenvalue weighted by atomic mass is 10.2. The Morgan fingerprint density at radius 3 is 2.47 bits per heavy atom. The van der Waals surface area contributed by atoms with Crippen molar-refractivity contribution in [3.05, 3.63) is 96.5 Å². The summed E-state index contributed by atoms with van der Waals surface area (Å²) in [5.74, 6) is 0.0563. The maximum absolute atomic E-state index is 13.2. The number of carbonyl (C=O) groups excluding carboxylic acids is 1. The Morgan fingerprint density at radius 1 is 1.12 bits per heavy atom. The Balaban J connectivity index is 1.55. The summed E-state index contributed by atoms with van der Waals surface area (Å²) in [5.41, 5.74) is 2.34. The van der Waals surface area contributed by atoms with Gasteiger partial charge in [-0.2, -0.15) is 0 Å². The molecule has 9 heteroatoms. The third-order valence-corrected chi connectivity index (χ3v) is 7.28. The molecule has 4 rings (SSSR count). The highest BCUT2D eigenvalue weighted by atomic mass is 79.9. The van der Waals surface area contributed by atoms with Crippen LogP contribution in [0.3, 0.4) is 0 Å². The van der Waals surface area contributed by atoms with Crippen LogP contribution in [0.15, 0.2) is 79.5 Å². The quantitative estimate of drug-likeness (QED) is 0.260. The summed E-state index contributed by atoms with van der Waals surface area (Å²) in [6.45, 7) is 2.72. The molecule has 0 saturated carbocycles. The number of ether oxygens (including phenoxy) is 1. The summed E-state index contributed by atoms with van der Waals surface area (Å²) < 4.78 is 20.8. The first-order valence-electron chi connectivity index (χ1n) is 10.3. The first kappa shape index (κ1) is 25.0. The molecule has 1 aliphatic heterocycles. The van der Waals surface area contributed by atoms with Crippen molar-refractivity contribution in [2.24, 2.45) is 4.99 Å². The van der Waals surface area contributed by atoms with Gasteiger partial charge in [-0.05, 0) is 100 Å². The fraction of sp³-hybridized carbons (Fsp3) is 0.120. The normalized spacial score (nSPS) is 16.0. The van der Waals surface area contributed by atoms with Gasteiger partial charge >= 0.3 is 0 Å². The Bertz CT molecular complexity index is 1260. The third kappa shape index (κ3) is 5.92. The molecule has 0 bridgehead atoms. The molecule has 0 radical (unpaired) electrons. The van der Waals surface area contributed by atoms with Crippen molar-refractivity contribution < 1.29 is 13.9 Å². The number of carbonyl (C=O) groups is 1. The van der Waals surface area contributed by atoms with Crippen LogP contribution in [0, 0.1) is 5.82 Å². The number of benzene rings is 3. The number of aliphatic imine (C=N–C) groups is 1. The predicted molar refractivity (Wildman–Crippen MR) is 144 cm³/mol. The van der Waals surface area contributed by atoms with E-state index in [0.717, 1.165) is 15.6 Å². The Morgan fingerprint density at radius 2 is 1.82 bits per heavy atom. The number of thioether (sulfide) groups is 1. The van der Waals surface area contributed by atoms with E-state index in [9.17, 15) is 9.18 Å². The zero-order chi connectivity index (χ0) is 24.2. The van der Waals surface area contributed by atoms with Crippen LogP contribution in [0.25, 0.3) is 6.08 Å². The number of hydrogen-bond donors (Lipinski definition) is 0. The molecule has 0 atom stereocenters. The van der Waals surface area contributed by atoms with Gasteiger partial charge in [0.25, 0.3) is 5.91 Å². The van der Waals surface area contributed by atoms with Crippen molar-refractivity contribution >= 4 is 78.1 Å². The molecule has 4 nitrogen and oxygen atoms in total. The molecule has 0 aromatic heterocycles. The van der Waals surface area contributed by atoms with Gasteiger partial charge in [0.2, 0.25) is 0 Å². The van der Waals surface area contributed by atoms with Crippen molar-refractivity contribution in [2.75, 3.05) is 6.54 Å². The van der Waals surface area contributed by atoms with Crippen molar-refractivity contribution in [2.45, 2.75) is 13.5 Å². The number of amides is 1. The first-order valence-corrected chi connectivity index (χ1v) is 13.0. The topological polar surface area (TPSA) is 41.9 Å². The number of amidine groups is 1. The minimum Gasteiger partial charge on any atom is -0.486 e. The smallest absolute Gasteiger partial charge is 0.266 e. The average Bonchev–Trinajstić information content (AvgIpc) is 3.09. The molecule has 0 spiro atoms. The Labute approximate surface area is 223 Å². The molecule has 0 aliphatic carbocycles. The number of halogens is 4. The monoisotopic (exact) mass is 622 g/mol. The highest BCUT2D eigenvalue weighted by molar-refractivity contribution is 9.10. The summed E-state index contributed by atoms with van der Waals surface area (Å²) >= 11 is 14.7. The van der Waals surface area contributed by atoms with E-state index in [1.807, 2.05) is 37.3 Å². The van der Waals surface area contributed by atoms with E-state index in [4.69, 9.17) is 16.3 Å². The SMILES string of the molecule is CCN1C(=O)/C(=C\c2cc(Cl)c(OCc3ccc(Br)cc3)c(Br)c2)SC1=Nc1ccc(F)cc1. The molecule has 1 heterocycles. The van der Waals surface area contributed by atoms with Gasteiger partial charge in [-0.1, -0.05) is 39.7 Å². The molecule has 3 aromatic rings. The van der Waals surface area contributed by atoms with Crippen molar-refractivity contribution in [3.8, 4) is 5.75 Å². The van der Waals surface area contributed by atoms with Crippen LogP contribution < -0.4 is 4.74 Å². The van der Waals surface area contributed by atoms with Crippen LogP contribution in [0.5, 0.6) is 5.75 Å². The summed E-state index contributed by atoms with van der Waals surface area (Å²) in [6, 6.07) is 17.3. The van der Waals surface area contributed by atoms with Crippen molar-refractivity contribution in [1.29, 1.82) is 0 Å². The van der Waals surface area contributed by atoms with Gasteiger partial charge in [-0.25, -0.2) is 9.38 Å². The van der Waals surface area contributed by atoms with E-state index < -0.39 is 0 Å². The maximum Gasteiger partial charge on any atom is 0.266 e. The third-order valence-electron chi connectivity index (χ3n) is 4.87. The molecule has 3 aromatic carbocycles. The van der Waals surface area contributed by atoms with Crippen LogP contribution in [0.1, 0.15) is 18.1 Å². The zero-order valence-corrected chi connectivity index (χ0v) is 22.6. The van der Waals surface area contributed by atoms with Gasteiger partial charge < -0.3 is 4.74 Å². The second-order valence-corrected chi connectivity index (χ2v) is 10.4. The molecule has 0 N–H and O–H groups in total. The lowest BCUT2D eigenvalue weighted by Crippen LogP contribution is -2.28. The number of nitrogens with zero attached hydrogens (tertiary/aromatic N) is 2. The first-order chi connectivity index (χ1) is 16.3. The van der Waals surface area contributed by atoms with E-state index in [0.29, 0.717) is 44.2 Å². The predicted octanol–water partition coefficient (Wildman–Crippen LogP) is 8.21. The van der Waals surface area contributed by atoms with Gasteiger partial charge in [-0.15, -0.1) is 0 Å². The minimum absolute atomic E-state index is 0.142. The van der Waals surface area contributed by atoms with Gasteiger partial charge in [0.1, 0.15) is 12.4 Å². The molecule has 0 unspecified atom stereocenters. The van der Waals surface area contributed by atoms with Gasteiger partial charge in [0.05, 0.1) is 20.1 Å². The highest BCUT2D eigenvalue weighted by Gasteiger charge is 2.32. The summed E-state index contributed by atoms with van der Waals surface area (Å²) in [6.07, 6.45) is 1.78. The number of likely N-dealkylation sites (N-methyl/N-ethyl adjacent to an activating group) is 1. The van der Waals surface area contributed by atoms with E-state index in [1.165, 1.54) is 23.9 Å². The molecular formula is C25H18Br2ClFN2O2S. The second kappa shape index (κ2) is 11.1. The Hall–Kier alpha value is -2.13. The molecule has 1 amide bonds. The molecule has 1 aliphatic rings. The highest BCUT2D eigenvalue weighted by Crippen LogP contribution is 2.38. The lowest BCUT2D eigenvalue weighted by Gasteiger charge is -2.12. The molecular weight excluding hydrogens is 607 g/mol. The van der Waals surface area contributed by atoms with E-state index >= 15 is 0 Å². The van der Waals surface area contributed by atoms with Crippen LogP contribution >= 0.6 is 55.2 Å².